The molecule has 2 aromatic heterocycles. The number of aromatic amines is 1. The molecule has 0 aromatic carbocycles. The molecule has 2 aromatic rings. The summed E-state index contributed by atoms with van der Waals surface area (Å²) in [7, 11) is 1.53. The number of fused-ring (bicyclic) bond motifs is 1. The standard InChI is InChI=1S/C7H6N3O2/c1-10-5-4(11)2-3-8-6(5)9-7(10)12/h2-3H,1H3,(H,8,9,12). The van der Waals surface area contributed by atoms with E-state index in [0.29, 0.717) is 11.2 Å². The van der Waals surface area contributed by atoms with Crippen molar-refractivity contribution in [3.8, 4) is 5.75 Å². The number of aromatic nitrogens is 3. The van der Waals surface area contributed by atoms with E-state index in [0.717, 1.165) is 0 Å². The molecule has 5 nitrogen and oxygen atoms in total. The largest absolute Gasteiger partial charge is 0.327 e. The number of imidazole rings is 1. The van der Waals surface area contributed by atoms with E-state index in [9.17, 15) is 9.90 Å². The summed E-state index contributed by atoms with van der Waals surface area (Å²) in [4.78, 5) is 17.3. The van der Waals surface area contributed by atoms with Crippen LogP contribution >= 0.6 is 0 Å². The number of H-pyrrole nitrogens is 1. The van der Waals surface area contributed by atoms with Gasteiger partial charge in [0.25, 0.3) is 0 Å². The minimum Gasteiger partial charge on any atom is -0.290 e. The molecule has 0 spiro atoms. The average Bonchev–Trinajstić information content (AvgIpc) is 2.29. The molecule has 0 atom stereocenters. The zero-order chi connectivity index (χ0) is 8.72. The van der Waals surface area contributed by atoms with Crippen LogP contribution in [-0.4, -0.2) is 14.5 Å². The Kier molecular flexibility index (Phi) is 1.21. The average molecular weight is 164 g/mol. The van der Waals surface area contributed by atoms with Crippen molar-refractivity contribution in [1.82, 2.24) is 14.5 Å². The molecule has 0 saturated carbocycles. The van der Waals surface area contributed by atoms with Crippen LogP contribution in [0.2, 0.25) is 0 Å². The maximum atomic E-state index is 11.2. The lowest BCUT2D eigenvalue weighted by Crippen LogP contribution is -2.11. The van der Waals surface area contributed by atoms with Gasteiger partial charge in [-0.3, -0.25) is 14.7 Å². The molecule has 2 rings (SSSR count). The Hall–Kier alpha value is -1.78. The van der Waals surface area contributed by atoms with Crippen LogP contribution in [0.5, 0.6) is 5.75 Å². The quantitative estimate of drug-likeness (QED) is 0.612. The number of aryl methyl sites for hydroxylation is 1. The van der Waals surface area contributed by atoms with Crippen molar-refractivity contribution in [3.63, 3.8) is 0 Å². The van der Waals surface area contributed by atoms with Crippen LogP contribution < -0.4 is 5.69 Å². The van der Waals surface area contributed by atoms with E-state index in [2.05, 4.69) is 9.97 Å². The van der Waals surface area contributed by atoms with E-state index in [1.165, 1.54) is 23.9 Å². The Morgan fingerprint density at radius 3 is 3.00 bits per heavy atom. The van der Waals surface area contributed by atoms with E-state index in [1.807, 2.05) is 0 Å². The fraction of sp³-hybridized carbons (Fsp3) is 0.143. The minimum absolute atomic E-state index is 0.194. The molecule has 0 bridgehead atoms. The zero-order valence-corrected chi connectivity index (χ0v) is 6.37. The third-order valence-electron chi connectivity index (χ3n) is 1.75. The van der Waals surface area contributed by atoms with Crippen molar-refractivity contribution in [1.29, 1.82) is 0 Å². The molecule has 2 heterocycles. The Bertz CT molecular complexity index is 483. The monoisotopic (exact) mass is 164 g/mol. The van der Waals surface area contributed by atoms with Gasteiger partial charge >= 0.3 is 5.69 Å². The molecular formula is C7H6N3O2. The highest BCUT2D eigenvalue weighted by molar-refractivity contribution is 5.77. The van der Waals surface area contributed by atoms with Crippen LogP contribution in [-0.2, 0) is 12.2 Å². The van der Waals surface area contributed by atoms with Crippen LogP contribution in [0, 0.1) is 0 Å². The second-order valence-corrected chi connectivity index (χ2v) is 2.50. The highest BCUT2D eigenvalue weighted by atomic mass is 16.3. The Balaban J connectivity index is 3.07. The number of hydrogen-bond acceptors (Lipinski definition) is 2. The fourth-order valence-corrected chi connectivity index (χ4v) is 1.14. The van der Waals surface area contributed by atoms with Gasteiger partial charge in [0, 0.05) is 19.3 Å². The van der Waals surface area contributed by atoms with Gasteiger partial charge in [-0.15, -0.1) is 0 Å². The van der Waals surface area contributed by atoms with Crippen molar-refractivity contribution >= 4 is 11.2 Å². The van der Waals surface area contributed by atoms with Gasteiger partial charge < -0.3 is 0 Å². The highest BCUT2D eigenvalue weighted by Gasteiger charge is 2.08. The number of nitrogens with zero attached hydrogens (tertiary/aromatic N) is 2. The topological polar surface area (TPSA) is 70.6 Å². The number of hydrogen-bond donors (Lipinski definition) is 1. The van der Waals surface area contributed by atoms with Crippen molar-refractivity contribution in [2.45, 2.75) is 0 Å². The van der Waals surface area contributed by atoms with Gasteiger partial charge in [0.05, 0.1) is 0 Å². The summed E-state index contributed by atoms with van der Waals surface area (Å²) in [5.41, 5.74) is 0.346. The smallest absolute Gasteiger partial charge is 0.290 e. The van der Waals surface area contributed by atoms with Crippen molar-refractivity contribution < 1.29 is 5.11 Å². The third kappa shape index (κ3) is 0.730. The minimum atomic E-state index is -0.319. The third-order valence-corrected chi connectivity index (χ3v) is 1.75. The summed E-state index contributed by atoms with van der Waals surface area (Å²) >= 11 is 0. The first-order chi connectivity index (χ1) is 5.70. The summed E-state index contributed by atoms with van der Waals surface area (Å²) in [6.45, 7) is 0. The second-order valence-electron chi connectivity index (χ2n) is 2.50. The maximum absolute atomic E-state index is 11.2. The normalized spacial score (nSPS) is 10.8. The first kappa shape index (κ1) is 6.90. The summed E-state index contributed by atoms with van der Waals surface area (Å²) in [6.07, 6.45) is 1.38. The van der Waals surface area contributed by atoms with Crippen LogP contribution in [0.4, 0.5) is 0 Å². The van der Waals surface area contributed by atoms with Gasteiger partial charge in [-0.05, 0) is 0 Å². The molecule has 0 amide bonds. The van der Waals surface area contributed by atoms with Gasteiger partial charge in [-0.1, -0.05) is 0 Å². The molecule has 12 heavy (non-hydrogen) atoms. The molecule has 0 unspecified atom stereocenters. The Labute approximate surface area is 67.3 Å². The van der Waals surface area contributed by atoms with Crippen molar-refractivity contribution in [2.75, 3.05) is 0 Å². The summed E-state index contributed by atoms with van der Waals surface area (Å²) in [6, 6.07) is 1.33. The zero-order valence-electron chi connectivity index (χ0n) is 6.37. The maximum Gasteiger partial charge on any atom is 0.327 e. The van der Waals surface area contributed by atoms with E-state index in [1.54, 1.807) is 0 Å². The predicted octanol–water partition coefficient (Wildman–Crippen LogP) is 0.405. The fourth-order valence-electron chi connectivity index (χ4n) is 1.14. The summed E-state index contributed by atoms with van der Waals surface area (Å²) in [5.74, 6) is -0.194. The molecule has 0 aliphatic carbocycles. The van der Waals surface area contributed by atoms with Gasteiger partial charge in [-0.2, -0.15) is 0 Å². The lowest BCUT2D eigenvalue weighted by molar-refractivity contribution is 0.358. The van der Waals surface area contributed by atoms with Gasteiger partial charge in [-0.25, -0.2) is 9.78 Å². The number of rotatable bonds is 0. The van der Waals surface area contributed by atoms with E-state index >= 15 is 0 Å². The SMILES string of the molecule is Cn1c(=O)[nH]c2nccc([O])c21. The molecule has 61 valence electrons. The lowest BCUT2D eigenvalue weighted by atomic mass is 10.4. The highest BCUT2D eigenvalue weighted by Crippen LogP contribution is 2.18. The first-order valence-electron chi connectivity index (χ1n) is 3.41. The second kappa shape index (κ2) is 2.10. The molecule has 5 heteroatoms. The first-order valence-corrected chi connectivity index (χ1v) is 3.41. The number of nitrogens with one attached hydrogen (secondary N) is 1. The Morgan fingerprint density at radius 2 is 2.33 bits per heavy atom. The molecule has 1 radical (unpaired) electrons. The molecule has 0 saturated heterocycles. The predicted molar refractivity (Wildman–Crippen MR) is 41.5 cm³/mol. The van der Waals surface area contributed by atoms with Crippen LogP contribution in [0.25, 0.3) is 11.2 Å². The van der Waals surface area contributed by atoms with Crippen molar-refractivity contribution in [2.24, 2.45) is 7.05 Å². The van der Waals surface area contributed by atoms with E-state index < -0.39 is 0 Å². The molecular weight excluding hydrogens is 158 g/mol. The van der Waals surface area contributed by atoms with E-state index in [4.69, 9.17) is 0 Å². The number of pyridine rings is 1. The van der Waals surface area contributed by atoms with Crippen molar-refractivity contribution in [3.05, 3.63) is 22.7 Å². The Morgan fingerprint density at radius 1 is 1.58 bits per heavy atom. The molecule has 0 aliphatic heterocycles. The van der Waals surface area contributed by atoms with Gasteiger partial charge in [0.1, 0.15) is 5.52 Å². The molecule has 0 fully saturated rings. The molecule has 1 N–H and O–H groups in total. The molecule has 0 aliphatic rings. The van der Waals surface area contributed by atoms with Crippen LogP contribution in [0.3, 0.4) is 0 Å². The van der Waals surface area contributed by atoms with Crippen LogP contribution in [0.15, 0.2) is 17.1 Å². The lowest BCUT2D eigenvalue weighted by Gasteiger charge is -1.91. The summed E-state index contributed by atoms with van der Waals surface area (Å²) in [5, 5.41) is 11.2. The van der Waals surface area contributed by atoms with E-state index in [-0.39, 0.29) is 11.4 Å². The summed E-state index contributed by atoms with van der Waals surface area (Å²) < 4.78 is 1.25. The van der Waals surface area contributed by atoms with Gasteiger partial charge in [0.2, 0.25) is 5.75 Å². The van der Waals surface area contributed by atoms with Crippen LogP contribution in [0.1, 0.15) is 0 Å². The van der Waals surface area contributed by atoms with Gasteiger partial charge in [0.15, 0.2) is 5.65 Å².